The van der Waals surface area contributed by atoms with Crippen LogP contribution < -0.4 is 0 Å². The maximum atomic E-state index is 12.7. The van der Waals surface area contributed by atoms with E-state index in [4.69, 9.17) is 14.2 Å². The molecule has 0 saturated carbocycles. The van der Waals surface area contributed by atoms with Gasteiger partial charge in [0.2, 0.25) is 0 Å². The van der Waals surface area contributed by atoms with Gasteiger partial charge in [-0.3, -0.25) is 14.4 Å². The molecule has 6 heteroatoms. The van der Waals surface area contributed by atoms with Gasteiger partial charge in [0.1, 0.15) is 13.2 Å². The summed E-state index contributed by atoms with van der Waals surface area (Å²) in [6.07, 6.45) is 49.6. The van der Waals surface area contributed by atoms with Crippen molar-refractivity contribution in [3.8, 4) is 0 Å². The fourth-order valence-electron chi connectivity index (χ4n) is 8.31. The van der Waals surface area contributed by atoms with E-state index in [-0.39, 0.29) is 31.1 Å². The van der Waals surface area contributed by atoms with E-state index in [1.165, 1.54) is 193 Å². The SMILES string of the molecule is CCCCCCCCCC(=O)O[C@@H](COC(=O)CCCCCCCCCCCCCCCCCCCCC(C)CC)COC(=O)CCCCCCCCCCCCCC(C)C. The van der Waals surface area contributed by atoms with Gasteiger partial charge in [0, 0.05) is 19.3 Å². The Morgan fingerprint density at radius 2 is 0.623 bits per heavy atom. The van der Waals surface area contributed by atoms with Crippen LogP contribution in [0.15, 0.2) is 0 Å². The average Bonchev–Trinajstić information content (AvgIpc) is 3.24. The molecule has 362 valence electrons. The number of carbonyl (C=O) groups is 3. The van der Waals surface area contributed by atoms with Crippen LogP contribution in [0.5, 0.6) is 0 Å². The minimum atomic E-state index is -0.760. The van der Waals surface area contributed by atoms with Gasteiger partial charge in [0.15, 0.2) is 6.10 Å². The lowest BCUT2D eigenvalue weighted by atomic mass is 9.99. The second kappa shape index (κ2) is 47.9. The molecule has 0 aromatic heterocycles. The highest BCUT2D eigenvalue weighted by molar-refractivity contribution is 5.71. The molecule has 0 amide bonds. The van der Waals surface area contributed by atoms with Gasteiger partial charge in [-0.05, 0) is 31.1 Å². The standard InChI is InChI=1S/C55H106O6/c1-6-8-9-10-28-37-42-47-55(58)61-52(49-60-54(57)46-41-36-32-27-23-19-20-24-29-33-38-43-50(3)4)48-59-53(56)45-40-35-31-26-22-18-16-14-12-11-13-15-17-21-25-30-34-39-44-51(5)7-2/h50-52H,6-49H2,1-5H3/t51?,52-/m0/s1. The normalized spacial score (nSPS) is 12.5. The Hall–Kier alpha value is -1.59. The summed E-state index contributed by atoms with van der Waals surface area (Å²) in [4.78, 5) is 37.8. The average molecular weight is 863 g/mol. The molecule has 0 aromatic carbocycles. The second-order valence-corrected chi connectivity index (χ2v) is 19.6. The molecule has 0 aliphatic carbocycles. The van der Waals surface area contributed by atoms with Crippen molar-refractivity contribution < 1.29 is 28.6 Å². The molecule has 0 heterocycles. The predicted octanol–water partition coefficient (Wildman–Crippen LogP) is 17.7. The monoisotopic (exact) mass is 863 g/mol. The van der Waals surface area contributed by atoms with Crippen LogP contribution in [-0.2, 0) is 28.6 Å². The van der Waals surface area contributed by atoms with Crippen molar-refractivity contribution in [2.75, 3.05) is 13.2 Å². The Morgan fingerprint density at radius 1 is 0.344 bits per heavy atom. The summed E-state index contributed by atoms with van der Waals surface area (Å²) >= 11 is 0. The van der Waals surface area contributed by atoms with Gasteiger partial charge in [-0.2, -0.15) is 0 Å². The van der Waals surface area contributed by atoms with Crippen LogP contribution >= 0.6 is 0 Å². The van der Waals surface area contributed by atoms with Crippen LogP contribution in [0.4, 0.5) is 0 Å². The van der Waals surface area contributed by atoms with Gasteiger partial charge < -0.3 is 14.2 Å². The van der Waals surface area contributed by atoms with Crippen molar-refractivity contribution in [3.63, 3.8) is 0 Å². The van der Waals surface area contributed by atoms with E-state index in [2.05, 4.69) is 34.6 Å². The molecule has 0 saturated heterocycles. The van der Waals surface area contributed by atoms with Crippen molar-refractivity contribution in [1.29, 1.82) is 0 Å². The summed E-state index contributed by atoms with van der Waals surface area (Å²) in [5.74, 6) is 0.884. The van der Waals surface area contributed by atoms with Crippen molar-refractivity contribution >= 4 is 17.9 Å². The molecule has 1 unspecified atom stereocenters. The topological polar surface area (TPSA) is 78.9 Å². The van der Waals surface area contributed by atoms with Crippen molar-refractivity contribution in [2.24, 2.45) is 11.8 Å². The quantitative estimate of drug-likeness (QED) is 0.0344. The van der Waals surface area contributed by atoms with Crippen LogP contribution in [-0.4, -0.2) is 37.2 Å². The molecule has 0 radical (unpaired) electrons. The molecular formula is C55H106O6. The third-order valence-corrected chi connectivity index (χ3v) is 12.8. The largest absolute Gasteiger partial charge is 0.462 e. The van der Waals surface area contributed by atoms with E-state index in [0.29, 0.717) is 19.3 Å². The molecule has 0 N–H and O–H groups in total. The number of carbonyl (C=O) groups excluding carboxylic acids is 3. The number of hydrogen-bond donors (Lipinski definition) is 0. The van der Waals surface area contributed by atoms with Crippen molar-refractivity contribution in [3.05, 3.63) is 0 Å². The first kappa shape index (κ1) is 59.4. The first-order valence-corrected chi connectivity index (χ1v) is 27.3. The summed E-state index contributed by atoms with van der Waals surface area (Å²) in [5, 5.41) is 0. The molecule has 0 aliphatic heterocycles. The van der Waals surface area contributed by atoms with Gasteiger partial charge in [0.05, 0.1) is 0 Å². The highest BCUT2D eigenvalue weighted by Gasteiger charge is 2.19. The number of unbranched alkanes of at least 4 members (excludes halogenated alkanes) is 33. The van der Waals surface area contributed by atoms with Gasteiger partial charge in [-0.1, -0.05) is 266 Å². The lowest BCUT2D eigenvalue weighted by Crippen LogP contribution is -2.30. The maximum Gasteiger partial charge on any atom is 0.306 e. The van der Waals surface area contributed by atoms with Crippen molar-refractivity contribution in [1.82, 2.24) is 0 Å². The molecule has 6 nitrogen and oxygen atoms in total. The molecular weight excluding hydrogens is 757 g/mol. The van der Waals surface area contributed by atoms with Crippen LogP contribution in [0.25, 0.3) is 0 Å². The Kier molecular flexibility index (Phi) is 46.6. The minimum Gasteiger partial charge on any atom is -0.462 e. The summed E-state index contributed by atoms with van der Waals surface area (Å²) in [7, 11) is 0. The lowest BCUT2D eigenvalue weighted by molar-refractivity contribution is -0.167. The molecule has 0 fully saturated rings. The van der Waals surface area contributed by atoms with E-state index >= 15 is 0 Å². The van der Waals surface area contributed by atoms with E-state index in [1.807, 2.05) is 0 Å². The van der Waals surface area contributed by atoms with E-state index < -0.39 is 6.10 Å². The Morgan fingerprint density at radius 3 is 0.934 bits per heavy atom. The molecule has 0 aliphatic rings. The third kappa shape index (κ3) is 47.7. The number of esters is 3. The van der Waals surface area contributed by atoms with Crippen LogP contribution in [0, 0.1) is 11.8 Å². The summed E-state index contributed by atoms with van der Waals surface area (Å²) < 4.78 is 16.8. The summed E-state index contributed by atoms with van der Waals surface area (Å²) in [6.45, 7) is 11.4. The molecule has 61 heavy (non-hydrogen) atoms. The first-order valence-electron chi connectivity index (χ1n) is 27.3. The highest BCUT2D eigenvalue weighted by atomic mass is 16.6. The zero-order valence-electron chi connectivity index (χ0n) is 41.8. The van der Waals surface area contributed by atoms with E-state index in [0.717, 1.165) is 69.6 Å². The van der Waals surface area contributed by atoms with Gasteiger partial charge >= 0.3 is 17.9 Å². The number of rotatable bonds is 49. The lowest BCUT2D eigenvalue weighted by Gasteiger charge is -2.18. The molecule has 0 bridgehead atoms. The molecule has 0 spiro atoms. The van der Waals surface area contributed by atoms with Crippen LogP contribution in [0.1, 0.15) is 304 Å². The number of ether oxygens (including phenoxy) is 3. The zero-order chi connectivity index (χ0) is 44.7. The predicted molar refractivity (Wildman–Crippen MR) is 261 cm³/mol. The second-order valence-electron chi connectivity index (χ2n) is 19.6. The summed E-state index contributed by atoms with van der Waals surface area (Å²) in [6, 6.07) is 0. The van der Waals surface area contributed by atoms with Gasteiger partial charge in [-0.15, -0.1) is 0 Å². The van der Waals surface area contributed by atoms with E-state index in [9.17, 15) is 14.4 Å². The highest BCUT2D eigenvalue weighted by Crippen LogP contribution is 2.18. The van der Waals surface area contributed by atoms with Crippen LogP contribution in [0.3, 0.4) is 0 Å². The molecule has 0 aromatic rings. The fraction of sp³-hybridized carbons (Fsp3) is 0.945. The minimum absolute atomic E-state index is 0.0639. The maximum absolute atomic E-state index is 12.7. The van der Waals surface area contributed by atoms with Crippen LogP contribution in [0.2, 0.25) is 0 Å². The van der Waals surface area contributed by atoms with E-state index in [1.54, 1.807) is 0 Å². The molecule has 2 atom stereocenters. The Balaban J connectivity index is 4.09. The van der Waals surface area contributed by atoms with Gasteiger partial charge in [-0.25, -0.2) is 0 Å². The fourth-order valence-corrected chi connectivity index (χ4v) is 8.31. The summed E-state index contributed by atoms with van der Waals surface area (Å²) in [5.41, 5.74) is 0. The van der Waals surface area contributed by atoms with Gasteiger partial charge in [0.25, 0.3) is 0 Å². The Bertz CT molecular complexity index is 933. The zero-order valence-corrected chi connectivity index (χ0v) is 41.8. The number of hydrogen-bond acceptors (Lipinski definition) is 6. The van der Waals surface area contributed by atoms with Crippen molar-refractivity contribution in [2.45, 2.75) is 310 Å². The molecule has 0 rings (SSSR count). The Labute approximate surface area is 380 Å². The third-order valence-electron chi connectivity index (χ3n) is 12.8. The smallest absolute Gasteiger partial charge is 0.306 e. The first-order chi connectivity index (χ1) is 29.8.